The lowest BCUT2D eigenvalue weighted by Gasteiger charge is -2.26. The van der Waals surface area contributed by atoms with Gasteiger partial charge in [0.2, 0.25) is 5.91 Å². The Hall–Kier alpha value is -2.98. The Morgan fingerprint density at radius 3 is 2.76 bits per heavy atom. The van der Waals surface area contributed by atoms with E-state index in [0.29, 0.717) is 49.5 Å². The van der Waals surface area contributed by atoms with Crippen LogP contribution in [0.25, 0.3) is 0 Å². The minimum atomic E-state index is -0.564. The van der Waals surface area contributed by atoms with Crippen molar-refractivity contribution in [1.29, 1.82) is 0 Å². The van der Waals surface area contributed by atoms with Crippen LogP contribution in [0.3, 0.4) is 0 Å². The van der Waals surface area contributed by atoms with Crippen molar-refractivity contribution in [3.8, 4) is 0 Å². The van der Waals surface area contributed by atoms with Crippen molar-refractivity contribution in [2.75, 3.05) is 39.0 Å². The molecule has 0 bridgehead atoms. The summed E-state index contributed by atoms with van der Waals surface area (Å²) in [6, 6.07) is 3.60. The van der Waals surface area contributed by atoms with Crippen molar-refractivity contribution in [3.05, 3.63) is 46.0 Å². The monoisotopic (exact) mass is 478 g/mol. The van der Waals surface area contributed by atoms with Gasteiger partial charge in [-0.05, 0) is 32.3 Å². The van der Waals surface area contributed by atoms with Crippen LogP contribution in [0.2, 0.25) is 5.02 Å². The zero-order valence-electron chi connectivity index (χ0n) is 18.9. The number of carbonyl (C=O) groups excluding carboxylic acids is 3. The second kappa shape index (κ2) is 10.8. The van der Waals surface area contributed by atoms with Gasteiger partial charge < -0.3 is 20.4 Å². The molecule has 0 saturated carbocycles. The number of aromatic nitrogens is 2. The first-order valence-corrected chi connectivity index (χ1v) is 11.0. The number of aldehydes is 1. The van der Waals surface area contributed by atoms with Gasteiger partial charge in [-0.25, -0.2) is 9.18 Å². The Morgan fingerprint density at radius 2 is 2.12 bits per heavy atom. The Kier molecular flexibility index (Phi) is 8.04. The fourth-order valence-corrected chi connectivity index (χ4v) is 4.08. The highest BCUT2D eigenvalue weighted by molar-refractivity contribution is 6.31. The number of benzene rings is 1. The standard InChI is InChI=1S/C22H28ClFN6O3/c1-14(32)25-9-15(10-28(2)3)11-30-21(13-31)17-12-29(7-6-20(17)27-30)22(33)26-16-4-5-19(24)18(23)8-16/h4-5,8,13,15H,6-7,9-12H2,1-3H3,(H,25,32)(H,26,33). The van der Waals surface area contributed by atoms with Crippen LogP contribution in [0.4, 0.5) is 14.9 Å². The van der Waals surface area contributed by atoms with Crippen molar-refractivity contribution in [3.63, 3.8) is 0 Å². The zero-order valence-corrected chi connectivity index (χ0v) is 19.7. The van der Waals surface area contributed by atoms with Gasteiger partial charge in [0, 0.05) is 56.7 Å². The zero-order chi connectivity index (χ0) is 24.1. The molecule has 1 unspecified atom stereocenters. The molecule has 1 aliphatic rings. The molecule has 2 heterocycles. The number of urea groups is 1. The molecule has 33 heavy (non-hydrogen) atoms. The molecule has 1 aromatic heterocycles. The van der Waals surface area contributed by atoms with Crippen LogP contribution >= 0.6 is 11.6 Å². The molecule has 3 rings (SSSR count). The van der Waals surface area contributed by atoms with Crippen molar-refractivity contribution >= 4 is 35.5 Å². The second-order valence-corrected chi connectivity index (χ2v) is 8.81. The van der Waals surface area contributed by atoms with Gasteiger partial charge in [0.15, 0.2) is 6.29 Å². The minimum absolute atomic E-state index is 0.0478. The van der Waals surface area contributed by atoms with E-state index in [2.05, 4.69) is 15.7 Å². The summed E-state index contributed by atoms with van der Waals surface area (Å²) in [4.78, 5) is 39.7. The predicted octanol–water partition coefficient (Wildman–Crippen LogP) is 2.39. The average molecular weight is 479 g/mol. The van der Waals surface area contributed by atoms with E-state index in [1.165, 1.54) is 25.1 Å². The van der Waals surface area contributed by atoms with E-state index in [9.17, 15) is 18.8 Å². The number of nitrogens with one attached hydrogen (secondary N) is 2. The smallest absolute Gasteiger partial charge is 0.322 e. The number of hydrogen-bond acceptors (Lipinski definition) is 5. The number of halogens is 2. The quantitative estimate of drug-likeness (QED) is 0.567. The molecule has 0 spiro atoms. The van der Waals surface area contributed by atoms with E-state index >= 15 is 0 Å². The molecule has 2 N–H and O–H groups in total. The molecule has 1 aliphatic heterocycles. The van der Waals surface area contributed by atoms with Gasteiger partial charge in [-0.1, -0.05) is 11.6 Å². The van der Waals surface area contributed by atoms with E-state index < -0.39 is 5.82 Å². The molecule has 9 nitrogen and oxygen atoms in total. The summed E-state index contributed by atoms with van der Waals surface area (Å²) in [5.41, 5.74) is 2.31. The molecule has 178 valence electrons. The molecule has 1 aromatic carbocycles. The highest BCUT2D eigenvalue weighted by Crippen LogP contribution is 2.24. The molecule has 0 radical (unpaired) electrons. The summed E-state index contributed by atoms with van der Waals surface area (Å²) < 4.78 is 15.0. The Morgan fingerprint density at radius 1 is 1.36 bits per heavy atom. The summed E-state index contributed by atoms with van der Waals surface area (Å²) in [7, 11) is 3.89. The lowest BCUT2D eigenvalue weighted by molar-refractivity contribution is -0.119. The van der Waals surface area contributed by atoms with Crippen molar-refractivity contribution in [2.24, 2.45) is 5.92 Å². The summed E-state index contributed by atoms with van der Waals surface area (Å²) in [6.45, 7) is 3.75. The fourth-order valence-electron chi connectivity index (χ4n) is 3.90. The summed E-state index contributed by atoms with van der Waals surface area (Å²) in [6.07, 6.45) is 1.27. The summed E-state index contributed by atoms with van der Waals surface area (Å²) in [5, 5.41) is 10.1. The Balaban J connectivity index is 1.74. The molecule has 11 heteroatoms. The largest absolute Gasteiger partial charge is 0.356 e. The predicted molar refractivity (Wildman–Crippen MR) is 123 cm³/mol. The van der Waals surface area contributed by atoms with Gasteiger partial charge in [0.05, 0.1) is 17.3 Å². The number of carbonyl (C=O) groups is 3. The first-order chi connectivity index (χ1) is 15.7. The second-order valence-electron chi connectivity index (χ2n) is 8.41. The number of nitrogens with zero attached hydrogens (tertiary/aromatic N) is 4. The van der Waals surface area contributed by atoms with Crippen LogP contribution in [-0.4, -0.2) is 71.5 Å². The summed E-state index contributed by atoms with van der Waals surface area (Å²) in [5.74, 6) is -0.629. The third kappa shape index (κ3) is 6.29. The van der Waals surface area contributed by atoms with Crippen LogP contribution in [0, 0.1) is 11.7 Å². The fraction of sp³-hybridized carbons (Fsp3) is 0.455. The highest BCUT2D eigenvalue weighted by atomic mass is 35.5. The van der Waals surface area contributed by atoms with E-state index in [1.54, 1.807) is 9.58 Å². The van der Waals surface area contributed by atoms with Crippen LogP contribution < -0.4 is 10.6 Å². The third-order valence-corrected chi connectivity index (χ3v) is 5.70. The lowest BCUT2D eigenvalue weighted by Crippen LogP contribution is -2.39. The third-order valence-electron chi connectivity index (χ3n) is 5.41. The first-order valence-electron chi connectivity index (χ1n) is 10.6. The Bertz CT molecular complexity index is 1040. The molecule has 0 fully saturated rings. The van der Waals surface area contributed by atoms with Crippen LogP contribution in [-0.2, 0) is 24.3 Å². The SMILES string of the molecule is CC(=O)NCC(CN(C)C)Cn1nc2c(c1C=O)CN(C(=O)Nc1ccc(F)c(Cl)c1)CC2. The van der Waals surface area contributed by atoms with Crippen LogP contribution in [0.5, 0.6) is 0 Å². The number of hydrogen-bond donors (Lipinski definition) is 2. The van der Waals surface area contributed by atoms with Gasteiger partial charge in [0.1, 0.15) is 11.5 Å². The molecular weight excluding hydrogens is 451 g/mol. The van der Waals surface area contributed by atoms with Gasteiger partial charge in [0.25, 0.3) is 0 Å². The van der Waals surface area contributed by atoms with Crippen molar-refractivity contribution < 1.29 is 18.8 Å². The number of anilines is 1. The molecule has 1 atom stereocenters. The number of fused-ring (bicyclic) bond motifs is 1. The average Bonchev–Trinajstić information content (AvgIpc) is 3.10. The maximum Gasteiger partial charge on any atom is 0.322 e. The van der Waals surface area contributed by atoms with Gasteiger partial charge in [-0.2, -0.15) is 5.10 Å². The van der Waals surface area contributed by atoms with E-state index in [1.807, 2.05) is 19.0 Å². The Labute approximate surface area is 196 Å². The maximum absolute atomic E-state index is 13.4. The first kappa shape index (κ1) is 24.7. The molecule has 0 saturated heterocycles. The van der Waals surface area contributed by atoms with Gasteiger partial charge >= 0.3 is 6.03 Å². The van der Waals surface area contributed by atoms with Gasteiger partial charge in [-0.3, -0.25) is 14.3 Å². The topological polar surface area (TPSA) is 99.6 Å². The van der Waals surface area contributed by atoms with E-state index in [0.717, 1.165) is 12.0 Å². The van der Waals surface area contributed by atoms with Crippen molar-refractivity contribution in [1.82, 2.24) is 24.9 Å². The normalized spacial score (nSPS) is 14.1. The molecule has 2 aromatic rings. The summed E-state index contributed by atoms with van der Waals surface area (Å²) >= 11 is 5.79. The highest BCUT2D eigenvalue weighted by Gasteiger charge is 2.28. The maximum atomic E-state index is 13.4. The van der Waals surface area contributed by atoms with E-state index in [4.69, 9.17) is 11.6 Å². The minimum Gasteiger partial charge on any atom is -0.356 e. The lowest BCUT2D eigenvalue weighted by atomic mass is 10.1. The van der Waals surface area contributed by atoms with E-state index in [-0.39, 0.29) is 29.4 Å². The molecule has 3 amide bonds. The number of amides is 3. The van der Waals surface area contributed by atoms with Crippen LogP contribution in [0.1, 0.15) is 28.7 Å². The molecular formula is C22H28ClFN6O3. The number of rotatable bonds is 8. The molecule has 0 aliphatic carbocycles. The van der Waals surface area contributed by atoms with Crippen LogP contribution in [0.15, 0.2) is 18.2 Å². The van der Waals surface area contributed by atoms with Crippen molar-refractivity contribution in [2.45, 2.75) is 26.4 Å². The van der Waals surface area contributed by atoms with Gasteiger partial charge in [-0.15, -0.1) is 0 Å².